The highest BCUT2D eigenvalue weighted by Crippen LogP contribution is 2.44. The van der Waals surface area contributed by atoms with Crippen LogP contribution >= 0.6 is 18.9 Å². The van der Waals surface area contributed by atoms with Crippen LogP contribution in [0, 0.1) is 0 Å². The number of nitrogens with one attached hydrogen (secondary N) is 5. The van der Waals surface area contributed by atoms with Crippen molar-refractivity contribution in [2.75, 3.05) is 58.0 Å². The maximum Gasteiger partial charge on any atom is 0.315 e. The lowest BCUT2D eigenvalue weighted by Gasteiger charge is -2.24. The number of nitrogen functional groups attached to an aromatic ring is 1. The number of aliphatic hydroxyl groups is 2. The molecule has 9 N–H and O–H groups in total. The second-order valence-electron chi connectivity index (χ2n) is 17.9. The zero-order valence-electron chi connectivity index (χ0n) is 40.4. The number of anilines is 1. The molecule has 3 aromatic carbocycles. The molecular formula is C50H64N11O9PS. The fourth-order valence-electron chi connectivity index (χ4n) is 9.23. The number of ether oxygens (including phenoxy) is 3. The molecule has 5 heterocycles. The Bertz CT molecular complexity index is 2690. The van der Waals surface area contributed by atoms with Gasteiger partial charge in [-0.3, -0.25) is 14.2 Å². The molecule has 0 spiro atoms. The van der Waals surface area contributed by atoms with Gasteiger partial charge in [0.05, 0.1) is 19.2 Å². The highest BCUT2D eigenvalue weighted by atomic mass is 32.2. The molecule has 3 aliphatic rings. The fourth-order valence-corrected chi connectivity index (χ4v) is 13.6. The van der Waals surface area contributed by atoms with Gasteiger partial charge in [0.15, 0.2) is 30.4 Å². The van der Waals surface area contributed by atoms with E-state index in [-0.39, 0.29) is 75.8 Å². The molecule has 5 aromatic rings. The molecule has 0 saturated carbocycles. The molecule has 3 aliphatic heterocycles. The molecule has 0 radical (unpaired) electrons. The minimum atomic E-state index is -3.81. The van der Waals surface area contributed by atoms with Gasteiger partial charge in [0.25, 0.3) is 5.91 Å². The number of imidazole rings is 1. The lowest BCUT2D eigenvalue weighted by molar-refractivity contribution is -0.121. The van der Waals surface area contributed by atoms with E-state index >= 15 is 4.57 Å². The Morgan fingerprint density at radius 1 is 0.944 bits per heavy atom. The largest absolute Gasteiger partial charge is 0.480 e. The average Bonchev–Trinajstić information content (AvgIpc) is 4.15. The maximum atomic E-state index is 16.1. The zero-order chi connectivity index (χ0) is 50.6. The summed E-state index contributed by atoms with van der Waals surface area (Å²) in [5.41, 5.74) is 7.18. The molecule has 384 valence electrons. The number of unbranched alkanes of at least 4 members (excludes halogenated alkanes) is 1. The number of fused-ring (bicyclic) bond motifs is 2. The Kier molecular flexibility index (Phi) is 17.9. The predicted molar refractivity (Wildman–Crippen MR) is 277 cm³/mol. The van der Waals surface area contributed by atoms with E-state index in [9.17, 15) is 24.6 Å². The second-order valence-corrected chi connectivity index (χ2v) is 21.9. The summed E-state index contributed by atoms with van der Waals surface area (Å²) in [6.45, 7) is 4.61. The van der Waals surface area contributed by atoms with Crippen LogP contribution in [0.4, 0.5) is 16.6 Å². The van der Waals surface area contributed by atoms with Crippen molar-refractivity contribution < 1.29 is 43.4 Å². The van der Waals surface area contributed by atoms with Gasteiger partial charge in [-0.2, -0.15) is 16.8 Å². The van der Waals surface area contributed by atoms with Crippen molar-refractivity contribution >= 4 is 81.5 Å². The Morgan fingerprint density at radius 2 is 1.67 bits per heavy atom. The van der Waals surface area contributed by atoms with Crippen LogP contribution in [0.25, 0.3) is 11.2 Å². The average molecular weight is 1030 g/mol. The van der Waals surface area contributed by atoms with Gasteiger partial charge in [0, 0.05) is 77.3 Å². The van der Waals surface area contributed by atoms with E-state index < -0.39 is 37.6 Å². The summed E-state index contributed by atoms with van der Waals surface area (Å²) >= 11 is 1.88. The van der Waals surface area contributed by atoms with Crippen LogP contribution in [-0.2, 0) is 23.6 Å². The van der Waals surface area contributed by atoms with Gasteiger partial charge in [0.1, 0.15) is 24.6 Å². The van der Waals surface area contributed by atoms with Crippen LogP contribution in [0.3, 0.4) is 0 Å². The van der Waals surface area contributed by atoms with Crippen LogP contribution in [-0.4, -0.2) is 141 Å². The van der Waals surface area contributed by atoms with Crippen LogP contribution in [0.5, 0.6) is 0 Å². The first-order chi connectivity index (χ1) is 35.0. The van der Waals surface area contributed by atoms with Crippen molar-refractivity contribution in [2.45, 2.75) is 93.7 Å². The number of benzene rings is 3. The van der Waals surface area contributed by atoms with E-state index in [1.165, 1.54) is 18.0 Å². The first-order valence-corrected chi connectivity index (χ1v) is 27.3. The number of amides is 4. The molecule has 1 unspecified atom stereocenters. The second kappa shape index (κ2) is 24.7. The molecule has 72 heavy (non-hydrogen) atoms. The number of nitrogens with zero attached hydrogens (tertiary/aromatic N) is 5. The molecule has 3 saturated heterocycles. The molecule has 4 amide bonds. The van der Waals surface area contributed by atoms with Crippen LogP contribution in [0.15, 0.2) is 90.2 Å². The zero-order valence-corrected chi connectivity index (χ0v) is 42.2. The van der Waals surface area contributed by atoms with E-state index in [4.69, 9.17) is 24.9 Å². The number of hydrogen-bond donors (Lipinski definition) is 8. The number of rotatable bonds is 24. The standard InChI is InChI=1S/C50H64N11O9PS/c1-3-22-52-28-36-42(63)43(64)48(70-36)61-45-41(44(51)55-30-56-45)58-49(61)60-47(68-2)34-21-20-31(27-37(34)71(67,32-14-6-4-7-15-32)33-16-8-5-9-17-33)46(65)54-24-13-26-69-25-12-23-53-39(62)19-11-10-18-38-40-35(29-72-38)57-50(66)59-40/h4-9,14-17,20-21,27,30,35-36,38,40,42-43,48,52,63-64H,3,10-13,18-19,22-26,28-29H2,1-2H3,(H,53,62)(H,54,65)(H2,51,55,56)(H2,57,59,66)/b60-47-/t35-,36+,38-,40-,42?,43-,48+/m0/s1. The smallest absolute Gasteiger partial charge is 0.315 e. The molecule has 8 rings (SSSR count). The van der Waals surface area contributed by atoms with Gasteiger partial charge in [-0.25, -0.2) is 19.7 Å². The highest BCUT2D eigenvalue weighted by molar-refractivity contribution is 8.00. The molecule has 3 fully saturated rings. The number of carbonyl (C=O) groups is 3. The molecule has 20 nitrogen and oxygen atoms in total. The molecule has 2 aromatic heterocycles. The number of aliphatic hydroxyl groups excluding tert-OH is 2. The number of aromatic nitrogens is 4. The lowest BCUT2D eigenvalue weighted by Crippen LogP contribution is -2.37. The summed E-state index contributed by atoms with van der Waals surface area (Å²) < 4.78 is 35.6. The molecule has 0 bridgehead atoms. The summed E-state index contributed by atoms with van der Waals surface area (Å²) in [6, 6.07) is 23.1. The Balaban J connectivity index is 0.950. The third-order valence-corrected chi connectivity index (χ3v) is 17.5. The van der Waals surface area contributed by atoms with Crippen molar-refractivity contribution in [1.82, 2.24) is 46.1 Å². The van der Waals surface area contributed by atoms with Crippen molar-refractivity contribution in [3.05, 3.63) is 96.3 Å². The lowest BCUT2D eigenvalue weighted by atomic mass is 10.0. The normalized spacial score (nSPS) is 21.9. The quantitative estimate of drug-likeness (QED) is 0.0145. The van der Waals surface area contributed by atoms with Gasteiger partial charge in [-0.1, -0.05) is 74.0 Å². The minimum Gasteiger partial charge on any atom is -0.480 e. The third-order valence-electron chi connectivity index (χ3n) is 12.9. The minimum absolute atomic E-state index is 0.0129. The van der Waals surface area contributed by atoms with Gasteiger partial charge in [0.2, 0.25) is 17.8 Å². The van der Waals surface area contributed by atoms with Crippen molar-refractivity contribution in [3.63, 3.8) is 0 Å². The van der Waals surface area contributed by atoms with E-state index in [0.29, 0.717) is 68.0 Å². The maximum absolute atomic E-state index is 16.1. The van der Waals surface area contributed by atoms with Gasteiger partial charge >= 0.3 is 6.03 Å². The van der Waals surface area contributed by atoms with Crippen LogP contribution in [0.1, 0.15) is 74.0 Å². The fraction of sp³-hybridized carbons (Fsp3) is 0.460. The number of methoxy groups -OCH3 is 1. The first kappa shape index (κ1) is 52.4. The van der Waals surface area contributed by atoms with Crippen molar-refractivity contribution in [2.24, 2.45) is 4.99 Å². The van der Waals surface area contributed by atoms with Gasteiger partial charge in [-0.15, -0.1) is 0 Å². The summed E-state index contributed by atoms with van der Waals surface area (Å²) in [7, 11) is -2.40. The highest BCUT2D eigenvalue weighted by Gasteiger charge is 2.46. The Labute approximate surface area is 422 Å². The number of carbonyl (C=O) groups excluding carboxylic acids is 3. The number of hydrogen-bond acceptors (Lipinski definition) is 16. The van der Waals surface area contributed by atoms with E-state index in [2.05, 4.69) is 41.5 Å². The van der Waals surface area contributed by atoms with Crippen molar-refractivity contribution in [3.8, 4) is 0 Å². The van der Waals surface area contributed by atoms with E-state index in [0.717, 1.165) is 31.4 Å². The van der Waals surface area contributed by atoms with Crippen LogP contribution < -0.4 is 48.2 Å². The topological polar surface area (TPSA) is 279 Å². The predicted octanol–water partition coefficient (Wildman–Crippen LogP) is 2.76. The SMILES string of the molecule is CCCNC[C@H]1O[C@@H](n2c(/N=C(\OC)c3ccc(C(=O)NCCCOCCCNC(=O)CCCC[C@@H]4SC[C@@H]5NC(=O)N[C@@H]54)cc3P(=O)(c3ccccc3)c3ccccc3)nc3c(N)ncnc32)[C@@H](O)C1O. The summed E-state index contributed by atoms with van der Waals surface area (Å²) in [6.07, 6.45) is 1.77. The number of nitrogens with two attached hydrogens (primary N) is 1. The summed E-state index contributed by atoms with van der Waals surface area (Å²) in [5, 5.41) is 39.3. The summed E-state index contributed by atoms with van der Waals surface area (Å²) in [5.74, 6) is 0.490. The van der Waals surface area contributed by atoms with E-state index in [1.54, 1.807) is 66.7 Å². The molecule has 22 heteroatoms. The third kappa shape index (κ3) is 11.9. The number of urea groups is 1. The summed E-state index contributed by atoms with van der Waals surface area (Å²) in [4.78, 5) is 56.0. The Morgan fingerprint density at radius 3 is 2.38 bits per heavy atom. The van der Waals surface area contributed by atoms with Crippen molar-refractivity contribution in [1.29, 1.82) is 0 Å². The van der Waals surface area contributed by atoms with Gasteiger partial charge in [-0.05, 0) is 56.8 Å². The molecular weight excluding hydrogens is 962 g/mol. The monoisotopic (exact) mass is 1030 g/mol. The number of thioether (sulfide) groups is 1. The van der Waals surface area contributed by atoms with Crippen LogP contribution in [0.2, 0.25) is 0 Å². The van der Waals surface area contributed by atoms with Gasteiger partial charge < -0.3 is 61.3 Å². The number of aliphatic imine (C=N–C) groups is 1. The van der Waals surface area contributed by atoms with E-state index in [1.807, 2.05) is 30.8 Å². The molecule has 0 aliphatic carbocycles. The first-order valence-electron chi connectivity index (χ1n) is 24.5. The Hall–Kier alpha value is -5.93. The molecule has 7 atom stereocenters.